The maximum atomic E-state index is 12.0. The van der Waals surface area contributed by atoms with Crippen molar-refractivity contribution in [2.45, 2.75) is 33.2 Å². The molecule has 0 atom stereocenters. The number of hydrogen-bond donors (Lipinski definition) is 1. The van der Waals surface area contributed by atoms with E-state index in [-0.39, 0.29) is 11.9 Å². The summed E-state index contributed by atoms with van der Waals surface area (Å²) in [5.74, 6) is 0.710. The van der Waals surface area contributed by atoms with E-state index < -0.39 is 0 Å². The Balaban J connectivity index is 1.90. The van der Waals surface area contributed by atoms with Crippen LogP contribution in [0.1, 0.15) is 41.6 Å². The molecule has 2 aromatic rings. The molecule has 0 aliphatic carbocycles. The van der Waals surface area contributed by atoms with Crippen LogP contribution in [0, 0.1) is 6.92 Å². The summed E-state index contributed by atoms with van der Waals surface area (Å²) in [5.41, 5.74) is 1.75. The van der Waals surface area contributed by atoms with Gasteiger partial charge in [-0.3, -0.25) is 4.79 Å². The molecular weight excluding hydrogens is 254 g/mol. The highest BCUT2D eigenvalue weighted by Crippen LogP contribution is 2.05. The highest BCUT2D eigenvalue weighted by molar-refractivity contribution is 5.94. The number of nitrogens with zero attached hydrogens (tertiary/aromatic N) is 4. The summed E-state index contributed by atoms with van der Waals surface area (Å²) >= 11 is 0. The molecule has 0 saturated heterocycles. The third-order valence-electron chi connectivity index (χ3n) is 2.96. The number of carbonyl (C=O) groups is 1. The van der Waals surface area contributed by atoms with Gasteiger partial charge < -0.3 is 5.32 Å². The zero-order chi connectivity index (χ0) is 14.5. The minimum Gasteiger partial charge on any atom is -0.352 e. The Morgan fingerprint density at radius 1 is 1.40 bits per heavy atom. The smallest absolute Gasteiger partial charge is 0.251 e. The van der Waals surface area contributed by atoms with E-state index in [0.717, 1.165) is 11.4 Å². The van der Waals surface area contributed by atoms with Gasteiger partial charge >= 0.3 is 0 Å². The Bertz CT molecular complexity index is 591. The van der Waals surface area contributed by atoms with Gasteiger partial charge in [-0.15, -0.1) is 5.10 Å². The van der Waals surface area contributed by atoms with E-state index in [9.17, 15) is 4.79 Å². The number of tetrazole rings is 1. The summed E-state index contributed by atoms with van der Waals surface area (Å²) in [6, 6.07) is 7.73. The molecule has 0 aliphatic rings. The molecule has 1 heterocycles. The van der Waals surface area contributed by atoms with Crippen molar-refractivity contribution < 1.29 is 4.79 Å². The molecule has 0 aliphatic heterocycles. The molecule has 0 unspecified atom stereocenters. The molecule has 106 valence electrons. The molecule has 0 radical (unpaired) electrons. The predicted octanol–water partition coefficient (Wildman–Crippen LogP) is 1.53. The summed E-state index contributed by atoms with van der Waals surface area (Å²) in [6.07, 6.45) is 0.614. The van der Waals surface area contributed by atoms with Crippen LogP contribution in [0.25, 0.3) is 0 Å². The zero-order valence-electron chi connectivity index (χ0n) is 12.0. The van der Waals surface area contributed by atoms with E-state index in [1.165, 1.54) is 0 Å². The Morgan fingerprint density at radius 2 is 2.20 bits per heavy atom. The monoisotopic (exact) mass is 273 g/mol. The summed E-state index contributed by atoms with van der Waals surface area (Å²) in [5, 5.41) is 14.4. The van der Waals surface area contributed by atoms with Crippen molar-refractivity contribution in [1.29, 1.82) is 0 Å². The largest absolute Gasteiger partial charge is 0.352 e. The molecule has 0 saturated carbocycles. The van der Waals surface area contributed by atoms with Crippen molar-refractivity contribution >= 4 is 5.91 Å². The van der Waals surface area contributed by atoms with Crippen LogP contribution < -0.4 is 5.32 Å². The normalized spacial score (nSPS) is 10.8. The first kappa shape index (κ1) is 14.2. The molecule has 1 amide bonds. The van der Waals surface area contributed by atoms with Crippen LogP contribution in [0.15, 0.2) is 24.3 Å². The molecule has 2 rings (SSSR count). The molecule has 0 fully saturated rings. The fourth-order valence-electron chi connectivity index (χ4n) is 1.95. The van der Waals surface area contributed by atoms with Crippen molar-refractivity contribution in [2.75, 3.05) is 6.54 Å². The van der Waals surface area contributed by atoms with Gasteiger partial charge in [-0.05, 0) is 43.3 Å². The Labute approximate surface area is 118 Å². The van der Waals surface area contributed by atoms with E-state index in [2.05, 4.69) is 20.8 Å². The Morgan fingerprint density at radius 3 is 2.90 bits per heavy atom. The lowest BCUT2D eigenvalue weighted by Crippen LogP contribution is -2.26. The maximum Gasteiger partial charge on any atom is 0.251 e. The minimum absolute atomic E-state index is 0.0720. The van der Waals surface area contributed by atoms with Gasteiger partial charge in [0.25, 0.3) is 5.91 Å². The molecule has 0 spiro atoms. The van der Waals surface area contributed by atoms with Gasteiger partial charge in [0.1, 0.15) is 0 Å². The highest BCUT2D eigenvalue weighted by Gasteiger charge is 2.10. The molecule has 1 aromatic heterocycles. The number of carbonyl (C=O) groups excluding carboxylic acids is 1. The van der Waals surface area contributed by atoms with Crippen molar-refractivity contribution in [2.24, 2.45) is 0 Å². The molecule has 1 aromatic carbocycles. The van der Waals surface area contributed by atoms with Crippen molar-refractivity contribution in [3.63, 3.8) is 0 Å². The lowest BCUT2D eigenvalue weighted by atomic mass is 10.1. The second-order valence-electron chi connectivity index (χ2n) is 5.01. The second kappa shape index (κ2) is 6.27. The van der Waals surface area contributed by atoms with E-state index in [1.54, 1.807) is 10.7 Å². The van der Waals surface area contributed by atoms with Crippen LogP contribution in [-0.2, 0) is 6.42 Å². The van der Waals surface area contributed by atoms with Crippen molar-refractivity contribution in [1.82, 2.24) is 25.5 Å². The number of amides is 1. The fraction of sp³-hybridized carbons (Fsp3) is 0.429. The minimum atomic E-state index is -0.0720. The summed E-state index contributed by atoms with van der Waals surface area (Å²) in [4.78, 5) is 12.0. The number of rotatable bonds is 5. The van der Waals surface area contributed by atoms with E-state index >= 15 is 0 Å². The van der Waals surface area contributed by atoms with Crippen LogP contribution in [0.4, 0.5) is 0 Å². The van der Waals surface area contributed by atoms with Crippen LogP contribution in [0.3, 0.4) is 0 Å². The highest BCUT2D eigenvalue weighted by atomic mass is 16.1. The standard InChI is InChI=1S/C14H19N5O/c1-10(2)19-13(16-17-18-19)7-8-15-14(20)12-6-4-5-11(3)9-12/h4-6,9-10H,7-8H2,1-3H3,(H,15,20). The Kier molecular flexibility index (Phi) is 4.45. The third kappa shape index (κ3) is 3.40. The molecule has 20 heavy (non-hydrogen) atoms. The lowest BCUT2D eigenvalue weighted by molar-refractivity contribution is 0.0953. The summed E-state index contributed by atoms with van der Waals surface area (Å²) in [7, 11) is 0. The predicted molar refractivity (Wildman–Crippen MR) is 75.4 cm³/mol. The van der Waals surface area contributed by atoms with Gasteiger partial charge in [0.15, 0.2) is 5.82 Å². The number of nitrogens with one attached hydrogen (secondary N) is 1. The van der Waals surface area contributed by atoms with E-state index in [0.29, 0.717) is 18.5 Å². The van der Waals surface area contributed by atoms with Gasteiger partial charge in [-0.1, -0.05) is 17.7 Å². The number of benzene rings is 1. The summed E-state index contributed by atoms with van der Waals surface area (Å²) < 4.78 is 1.76. The van der Waals surface area contributed by atoms with Gasteiger partial charge in [0, 0.05) is 18.5 Å². The van der Waals surface area contributed by atoms with Crippen LogP contribution >= 0.6 is 0 Å². The van der Waals surface area contributed by atoms with Gasteiger partial charge in [-0.25, -0.2) is 4.68 Å². The number of hydrogen-bond acceptors (Lipinski definition) is 4. The van der Waals surface area contributed by atoms with Crippen LogP contribution in [-0.4, -0.2) is 32.7 Å². The second-order valence-corrected chi connectivity index (χ2v) is 5.01. The first-order chi connectivity index (χ1) is 9.58. The third-order valence-corrected chi connectivity index (χ3v) is 2.96. The maximum absolute atomic E-state index is 12.0. The Hall–Kier alpha value is -2.24. The molecule has 6 nitrogen and oxygen atoms in total. The molecule has 6 heteroatoms. The first-order valence-electron chi connectivity index (χ1n) is 6.69. The SMILES string of the molecule is Cc1cccc(C(=O)NCCc2nnnn2C(C)C)c1. The summed E-state index contributed by atoms with van der Waals surface area (Å²) in [6.45, 7) is 6.52. The van der Waals surface area contributed by atoms with Crippen LogP contribution in [0.5, 0.6) is 0 Å². The van der Waals surface area contributed by atoms with E-state index in [1.807, 2.05) is 39.0 Å². The lowest BCUT2D eigenvalue weighted by Gasteiger charge is -2.08. The first-order valence-corrected chi connectivity index (χ1v) is 6.69. The topological polar surface area (TPSA) is 72.7 Å². The van der Waals surface area contributed by atoms with Crippen molar-refractivity contribution in [3.8, 4) is 0 Å². The van der Waals surface area contributed by atoms with Gasteiger partial charge in [-0.2, -0.15) is 0 Å². The van der Waals surface area contributed by atoms with Crippen molar-refractivity contribution in [3.05, 3.63) is 41.2 Å². The average molecular weight is 273 g/mol. The fourth-order valence-corrected chi connectivity index (χ4v) is 1.95. The van der Waals surface area contributed by atoms with Gasteiger partial charge in [0.2, 0.25) is 0 Å². The number of aromatic nitrogens is 4. The molecular formula is C14H19N5O. The molecule has 1 N–H and O–H groups in total. The quantitative estimate of drug-likeness (QED) is 0.896. The van der Waals surface area contributed by atoms with E-state index in [4.69, 9.17) is 0 Å². The average Bonchev–Trinajstić information content (AvgIpc) is 2.87. The molecule has 0 bridgehead atoms. The van der Waals surface area contributed by atoms with Crippen LogP contribution in [0.2, 0.25) is 0 Å². The number of aryl methyl sites for hydroxylation is 1. The van der Waals surface area contributed by atoms with Gasteiger partial charge in [0.05, 0.1) is 6.04 Å². The zero-order valence-corrected chi connectivity index (χ0v) is 12.0.